The standard InChI is InChI=1S/C14H25N3O/c1-18-10-8-12(15)11-13-7-9-17(16-13)14-5-3-2-4-6-14/h7,9,12,14H,2-6,8,10-11,15H2,1H3. The Bertz CT molecular complexity index is 345. The minimum Gasteiger partial charge on any atom is -0.385 e. The van der Waals surface area contributed by atoms with Crippen molar-refractivity contribution in [2.45, 2.75) is 57.0 Å². The molecular weight excluding hydrogens is 226 g/mol. The summed E-state index contributed by atoms with van der Waals surface area (Å²) in [4.78, 5) is 0. The van der Waals surface area contributed by atoms with Crippen LogP contribution in [0.1, 0.15) is 50.3 Å². The third-order valence-corrected chi connectivity index (χ3v) is 3.78. The molecule has 0 saturated heterocycles. The molecule has 1 aromatic heterocycles. The van der Waals surface area contributed by atoms with Crippen molar-refractivity contribution in [2.24, 2.45) is 5.73 Å². The molecule has 0 bridgehead atoms. The van der Waals surface area contributed by atoms with Crippen molar-refractivity contribution in [1.82, 2.24) is 9.78 Å². The number of nitrogens with two attached hydrogens (primary N) is 1. The topological polar surface area (TPSA) is 53.1 Å². The summed E-state index contributed by atoms with van der Waals surface area (Å²) in [5.41, 5.74) is 7.17. The van der Waals surface area contributed by atoms with E-state index in [0.29, 0.717) is 6.04 Å². The quantitative estimate of drug-likeness (QED) is 0.844. The number of methoxy groups -OCH3 is 1. The van der Waals surface area contributed by atoms with Gasteiger partial charge in [-0.05, 0) is 25.3 Å². The lowest BCUT2D eigenvalue weighted by atomic mass is 9.96. The molecule has 0 aromatic carbocycles. The zero-order valence-corrected chi connectivity index (χ0v) is 11.3. The fourth-order valence-electron chi connectivity index (χ4n) is 2.68. The largest absolute Gasteiger partial charge is 0.385 e. The molecule has 1 aliphatic carbocycles. The molecule has 1 atom stereocenters. The molecule has 2 rings (SSSR count). The molecule has 2 N–H and O–H groups in total. The van der Waals surface area contributed by atoms with Crippen LogP contribution in [-0.2, 0) is 11.2 Å². The van der Waals surface area contributed by atoms with Gasteiger partial charge in [-0.1, -0.05) is 19.3 Å². The highest BCUT2D eigenvalue weighted by Gasteiger charge is 2.16. The van der Waals surface area contributed by atoms with E-state index in [1.54, 1.807) is 7.11 Å². The summed E-state index contributed by atoms with van der Waals surface area (Å²) in [7, 11) is 1.71. The normalized spacial score (nSPS) is 19.0. The number of rotatable bonds is 6. The summed E-state index contributed by atoms with van der Waals surface area (Å²) >= 11 is 0. The summed E-state index contributed by atoms with van der Waals surface area (Å²) in [6.07, 6.45) is 10.5. The van der Waals surface area contributed by atoms with Crippen molar-refractivity contribution in [3.63, 3.8) is 0 Å². The monoisotopic (exact) mass is 251 g/mol. The number of nitrogens with zero attached hydrogens (tertiary/aromatic N) is 2. The maximum Gasteiger partial charge on any atom is 0.0640 e. The lowest BCUT2D eigenvalue weighted by Gasteiger charge is -2.21. The highest BCUT2D eigenvalue weighted by molar-refractivity contribution is 5.02. The van der Waals surface area contributed by atoms with Crippen LogP contribution in [0.25, 0.3) is 0 Å². The van der Waals surface area contributed by atoms with Crippen LogP contribution in [-0.4, -0.2) is 29.5 Å². The molecule has 4 nitrogen and oxygen atoms in total. The van der Waals surface area contributed by atoms with Gasteiger partial charge in [-0.3, -0.25) is 4.68 Å². The second-order valence-electron chi connectivity index (χ2n) is 5.32. The summed E-state index contributed by atoms with van der Waals surface area (Å²) in [6.45, 7) is 0.727. The van der Waals surface area contributed by atoms with Crippen LogP contribution in [0, 0.1) is 0 Å². The summed E-state index contributed by atoms with van der Waals surface area (Å²) < 4.78 is 7.20. The van der Waals surface area contributed by atoms with E-state index in [-0.39, 0.29) is 6.04 Å². The fourth-order valence-corrected chi connectivity index (χ4v) is 2.68. The van der Waals surface area contributed by atoms with E-state index in [1.165, 1.54) is 32.1 Å². The van der Waals surface area contributed by atoms with Crippen molar-refractivity contribution >= 4 is 0 Å². The smallest absolute Gasteiger partial charge is 0.0640 e. The van der Waals surface area contributed by atoms with Gasteiger partial charge < -0.3 is 10.5 Å². The van der Waals surface area contributed by atoms with Crippen LogP contribution < -0.4 is 5.73 Å². The highest BCUT2D eigenvalue weighted by Crippen LogP contribution is 2.27. The Kier molecular flexibility index (Phi) is 5.20. The van der Waals surface area contributed by atoms with Crippen LogP contribution in [0.15, 0.2) is 12.3 Å². The third kappa shape index (κ3) is 3.82. The van der Waals surface area contributed by atoms with Gasteiger partial charge in [0.25, 0.3) is 0 Å². The number of ether oxygens (including phenoxy) is 1. The molecule has 4 heteroatoms. The maximum absolute atomic E-state index is 6.05. The van der Waals surface area contributed by atoms with Crippen LogP contribution in [0.2, 0.25) is 0 Å². The molecule has 1 aliphatic rings. The first-order chi connectivity index (χ1) is 8.79. The first-order valence-electron chi connectivity index (χ1n) is 7.08. The van der Waals surface area contributed by atoms with Crippen LogP contribution >= 0.6 is 0 Å². The molecule has 1 unspecified atom stereocenters. The van der Waals surface area contributed by atoms with E-state index in [2.05, 4.69) is 22.0 Å². The Morgan fingerprint density at radius 2 is 2.22 bits per heavy atom. The minimum atomic E-state index is 0.152. The average molecular weight is 251 g/mol. The first-order valence-corrected chi connectivity index (χ1v) is 7.08. The molecular formula is C14H25N3O. The van der Waals surface area contributed by atoms with Gasteiger partial charge in [0.15, 0.2) is 0 Å². The second kappa shape index (κ2) is 6.90. The Balaban J connectivity index is 1.85. The molecule has 0 radical (unpaired) electrons. The van der Waals surface area contributed by atoms with Crippen molar-refractivity contribution in [3.8, 4) is 0 Å². The zero-order valence-electron chi connectivity index (χ0n) is 11.3. The predicted octanol–water partition coefficient (Wildman–Crippen LogP) is 2.29. The first kappa shape index (κ1) is 13.6. The van der Waals surface area contributed by atoms with Gasteiger partial charge in [0.2, 0.25) is 0 Å². The molecule has 1 heterocycles. The molecule has 18 heavy (non-hydrogen) atoms. The number of aromatic nitrogens is 2. The average Bonchev–Trinajstić information content (AvgIpc) is 2.86. The molecule has 1 aromatic rings. The van der Waals surface area contributed by atoms with Crippen molar-refractivity contribution in [1.29, 1.82) is 0 Å². The van der Waals surface area contributed by atoms with Crippen molar-refractivity contribution < 1.29 is 4.74 Å². The minimum absolute atomic E-state index is 0.152. The van der Waals surface area contributed by atoms with E-state index in [4.69, 9.17) is 10.5 Å². The van der Waals surface area contributed by atoms with Gasteiger partial charge >= 0.3 is 0 Å². The van der Waals surface area contributed by atoms with Gasteiger partial charge in [0.1, 0.15) is 0 Å². The maximum atomic E-state index is 6.05. The molecule has 0 amide bonds. The van der Waals surface area contributed by atoms with E-state index >= 15 is 0 Å². The van der Waals surface area contributed by atoms with E-state index in [9.17, 15) is 0 Å². The second-order valence-corrected chi connectivity index (χ2v) is 5.32. The third-order valence-electron chi connectivity index (χ3n) is 3.78. The van der Waals surface area contributed by atoms with Gasteiger partial charge in [0.05, 0.1) is 11.7 Å². The van der Waals surface area contributed by atoms with Crippen LogP contribution in [0.4, 0.5) is 0 Å². The van der Waals surface area contributed by atoms with E-state index in [0.717, 1.165) is 25.1 Å². The lowest BCUT2D eigenvalue weighted by Crippen LogP contribution is -2.25. The van der Waals surface area contributed by atoms with Crippen molar-refractivity contribution in [3.05, 3.63) is 18.0 Å². The van der Waals surface area contributed by atoms with Crippen molar-refractivity contribution in [2.75, 3.05) is 13.7 Å². The van der Waals surface area contributed by atoms with Gasteiger partial charge in [0, 0.05) is 32.4 Å². The Hall–Kier alpha value is -0.870. The van der Waals surface area contributed by atoms with Gasteiger partial charge in [-0.25, -0.2) is 0 Å². The Morgan fingerprint density at radius 3 is 2.94 bits per heavy atom. The summed E-state index contributed by atoms with van der Waals surface area (Å²) in [5.74, 6) is 0. The van der Waals surface area contributed by atoms with Crippen LogP contribution in [0.5, 0.6) is 0 Å². The molecule has 102 valence electrons. The Morgan fingerprint density at radius 1 is 1.44 bits per heavy atom. The SMILES string of the molecule is COCCC(N)Cc1ccn(C2CCCCC2)n1. The summed E-state index contributed by atoms with van der Waals surface area (Å²) in [5, 5.41) is 4.68. The lowest BCUT2D eigenvalue weighted by molar-refractivity contribution is 0.187. The predicted molar refractivity (Wildman–Crippen MR) is 72.5 cm³/mol. The molecule has 0 spiro atoms. The van der Waals surface area contributed by atoms with Gasteiger partial charge in [-0.15, -0.1) is 0 Å². The van der Waals surface area contributed by atoms with Crippen LogP contribution in [0.3, 0.4) is 0 Å². The number of hydrogen-bond acceptors (Lipinski definition) is 3. The zero-order chi connectivity index (χ0) is 12.8. The molecule has 1 fully saturated rings. The molecule has 1 saturated carbocycles. The highest BCUT2D eigenvalue weighted by atomic mass is 16.5. The number of hydrogen-bond donors (Lipinski definition) is 1. The van der Waals surface area contributed by atoms with Gasteiger partial charge in [-0.2, -0.15) is 5.10 Å². The van der Waals surface area contributed by atoms with E-state index < -0.39 is 0 Å². The molecule has 0 aliphatic heterocycles. The van der Waals surface area contributed by atoms with E-state index in [1.807, 2.05) is 0 Å². The Labute approximate surface area is 110 Å². The fraction of sp³-hybridized carbons (Fsp3) is 0.786. The summed E-state index contributed by atoms with van der Waals surface area (Å²) in [6, 6.07) is 2.88.